The third-order valence-electron chi connectivity index (χ3n) is 3.67. The van der Waals surface area contributed by atoms with Crippen LogP contribution < -0.4 is 11.2 Å². The average Bonchev–Trinajstić information content (AvgIpc) is 3.48. The molecule has 0 spiro atoms. The first kappa shape index (κ1) is 22.7. The molecule has 0 aliphatic heterocycles. The van der Waals surface area contributed by atoms with Crippen LogP contribution in [-0.4, -0.2) is 12.9 Å². The number of halogens is 3. The molecule has 7 heteroatoms. The molecule has 148 valence electrons. The highest BCUT2D eigenvalue weighted by molar-refractivity contribution is 5.86. The van der Waals surface area contributed by atoms with Crippen LogP contribution in [0.1, 0.15) is 42.6 Å². The van der Waals surface area contributed by atoms with Gasteiger partial charge < -0.3 is 10.2 Å². The number of benzene rings is 2. The molecular weight excluding hydrogens is 357 g/mol. The summed E-state index contributed by atoms with van der Waals surface area (Å²) < 4.78 is 40.4. The molecule has 0 bridgehead atoms. The fourth-order valence-corrected chi connectivity index (χ4v) is 2.07. The number of anilines is 2. The van der Waals surface area contributed by atoms with Gasteiger partial charge in [0, 0.05) is 5.56 Å². The molecule has 2 aromatic rings. The van der Waals surface area contributed by atoms with E-state index in [-0.39, 0.29) is 16.9 Å². The summed E-state index contributed by atoms with van der Waals surface area (Å²) >= 11 is 0. The Balaban J connectivity index is 0.000000381. The SMILES string of the molecule is CC.Cc1ccc(Nc2c(C=O)ccc(F)c2F)c(F)c1.NOCC1CC1. The predicted octanol–water partition coefficient (Wildman–Crippen LogP) is 5.28. The second-order valence-corrected chi connectivity index (χ2v) is 5.83. The van der Waals surface area contributed by atoms with Crippen LogP contribution in [0.2, 0.25) is 0 Å². The Hall–Kier alpha value is -2.38. The minimum atomic E-state index is -1.22. The quantitative estimate of drug-likeness (QED) is 0.545. The van der Waals surface area contributed by atoms with E-state index in [0.717, 1.165) is 24.7 Å². The van der Waals surface area contributed by atoms with Gasteiger partial charge >= 0.3 is 0 Å². The van der Waals surface area contributed by atoms with Gasteiger partial charge in [-0.3, -0.25) is 4.79 Å². The highest BCUT2D eigenvalue weighted by atomic mass is 19.2. The number of nitrogens with one attached hydrogen (secondary N) is 1. The van der Waals surface area contributed by atoms with Crippen LogP contribution in [0, 0.1) is 30.3 Å². The van der Waals surface area contributed by atoms with Crippen molar-refractivity contribution in [1.29, 1.82) is 0 Å². The summed E-state index contributed by atoms with van der Waals surface area (Å²) in [5.74, 6) is 2.63. The van der Waals surface area contributed by atoms with E-state index in [9.17, 15) is 18.0 Å². The summed E-state index contributed by atoms with van der Waals surface area (Å²) in [6, 6.07) is 6.22. The molecule has 1 aliphatic carbocycles. The number of rotatable bonds is 5. The Labute approximate surface area is 157 Å². The maximum absolute atomic E-state index is 13.6. The Morgan fingerprint density at radius 1 is 1.15 bits per heavy atom. The molecular formula is C20H25F3N2O2. The maximum atomic E-state index is 13.6. The van der Waals surface area contributed by atoms with Crippen molar-refractivity contribution < 1.29 is 22.8 Å². The van der Waals surface area contributed by atoms with Crippen molar-refractivity contribution in [3.63, 3.8) is 0 Å². The number of nitrogens with two attached hydrogens (primary N) is 1. The van der Waals surface area contributed by atoms with Crippen LogP contribution >= 0.6 is 0 Å². The number of carbonyl (C=O) groups excluding carboxylic acids is 1. The highest BCUT2D eigenvalue weighted by Gasteiger charge is 2.20. The van der Waals surface area contributed by atoms with E-state index in [1.165, 1.54) is 25.0 Å². The Kier molecular flexibility index (Phi) is 9.53. The molecule has 0 heterocycles. The molecule has 0 unspecified atom stereocenters. The first-order chi connectivity index (χ1) is 13.0. The molecule has 0 atom stereocenters. The molecule has 4 nitrogen and oxygen atoms in total. The normalized spacial score (nSPS) is 12.3. The van der Waals surface area contributed by atoms with Crippen LogP contribution in [0.4, 0.5) is 24.5 Å². The minimum Gasteiger partial charge on any atom is -0.350 e. The van der Waals surface area contributed by atoms with Crippen molar-refractivity contribution in [3.8, 4) is 0 Å². The molecule has 0 aromatic heterocycles. The lowest BCUT2D eigenvalue weighted by Crippen LogP contribution is -2.02. The largest absolute Gasteiger partial charge is 0.350 e. The maximum Gasteiger partial charge on any atom is 0.182 e. The number of hydrogen-bond acceptors (Lipinski definition) is 4. The van der Waals surface area contributed by atoms with Gasteiger partial charge in [0.25, 0.3) is 0 Å². The van der Waals surface area contributed by atoms with Crippen LogP contribution in [0.5, 0.6) is 0 Å². The number of hydrogen-bond donors (Lipinski definition) is 2. The summed E-state index contributed by atoms with van der Waals surface area (Å²) in [5.41, 5.74) is 0.202. The summed E-state index contributed by atoms with van der Waals surface area (Å²) in [4.78, 5) is 15.2. The second-order valence-electron chi connectivity index (χ2n) is 5.83. The van der Waals surface area contributed by atoms with Crippen molar-refractivity contribution in [1.82, 2.24) is 0 Å². The van der Waals surface area contributed by atoms with Gasteiger partial charge in [0.15, 0.2) is 17.9 Å². The second kappa shape index (κ2) is 11.4. The van der Waals surface area contributed by atoms with E-state index in [1.54, 1.807) is 13.0 Å². The molecule has 0 saturated heterocycles. The van der Waals surface area contributed by atoms with Crippen molar-refractivity contribution >= 4 is 17.7 Å². The van der Waals surface area contributed by atoms with E-state index >= 15 is 0 Å². The third-order valence-corrected chi connectivity index (χ3v) is 3.67. The molecule has 27 heavy (non-hydrogen) atoms. The first-order valence-corrected chi connectivity index (χ1v) is 8.74. The smallest absolute Gasteiger partial charge is 0.182 e. The molecule has 1 saturated carbocycles. The summed E-state index contributed by atoms with van der Waals surface area (Å²) in [7, 11) is 0. The van der Waals surface area contributed by atoms with Gasteiger partial charge in [-0.1, -0.05) is 19.9 Å². The van der Waals surface area contributed by atoms with Crippen LogP contribution in [-0.2, 0) is 4.84 Å². The lowest BCUT2D eigenvalue weighted by atomic mass is 10.1. The Morgan fingerprint density at radius 2 is 1.81 bits per heavy atom. The molecule has 1 aliphatic rings. The van der Waals surface area contributed by atoms with Gasteiger partial charge in [-0.15, -0.1) is 0 Å². The van der Waals surface area contributed by atoms with Gasteiger partial charge in [-0.25, -0.2) is 19.1 Å². The fraction of sp³-hybridized carbons (Fsp3) is 0.350. The first-order valence-electron chi connectivity index (χ1n) is 8.74. The van der Waals surface area contributed by atoms with Gasteiger partial charge in [0.1, 0.15) is 5.82 Å². The van der Waals surface area contributed by atoms with Crippen molar-refractivity contribution in [2.45, 2.75) is 33.6 Å². The van der Waals surface area contributed by atoms with Crippen molar-refractivity contribution in [3.05, 3.63) is 58.9 Å². The fourth-order valence-electron chi connectivity index (χ4n) is 2.07. The van der Waals surface area contributed by atoms with Crippen molar-refractivity contribution in [2.75, 3.05) is 11.9 Å². The van der Waals surface area contributed by atoms with Gasteiger partial charge in [-0.05, 0) is 55.5 Å². The zero-order valence-corrected chi connectivity index (χ0v) is 15.7. The zero-order chi connectivity index (χ0) is 20.4. The number of aryl methyl sites for hydroxylation is 1. The van der Waals surface area contributed by atoms with Gasteiger partial charge in [0.2, 0.25) is 0 Å². The summed E-state index contributed by atoms with van der Waals surface area (Å²) in [6.07, 6.45) is 3.01. The van der Waals surface area contributed by atoms with E-state index in [2.05, 4.69) is 10.2 Å². The zero-order valence-electron chi connectivity index (χ0n) is 15.7. The molecule has 3 rings (SSSR count). The molecule has 0 radical (unpaired) electrons. The van der Waals surface area contributed by atoms with Crippen LogP contribution in [0.15, 0.2) is 30.3 Å². The van der Waals surface area contributed by atoms with Crippen molar-refractivity contribution in [2.24, 2.45) is 11.8 Å². The average molecular weight is 382 g/mol. The standard InChI is InChI=1S/C14H10F3NO.C4H9NO.C2H6/c1-8-2-5-12(11(16)6-8)18-14-9(7-19)3-4-10(15)13(14)17;5-6-3-4-1-2-4;1-2/h2-7,18H,1H3;4H,1-3,5H2;1-2H3. The molecule has 3 N–H and O–H groups in total. The molecule has 0 amide bonds. The van der Waals surface area contributed by atoms with E-state index in [0.29, 0.717) is 11.8 Å². The summed E-state index contributed by atoms with van der Waals surface area (Å²) in [6.45, 7) is 6.46. The predicted molar refractivity (Wildman–Crippen MR) is 100 cm³/mol. The highest BCUT2D eigenvalue weighted by Crippen LogP contribution is 2.28. The lowest BCUT2D eigenvalue weighted by Gasteiger charge is -2.11. The van der Waals surface area contributed by atoms with E-state index in [4.69, 9.17) is 5.90 Å². The van der Waals surface area contributed by atoms with Gasteiger partial charge in [-0.2, -0.15) is 0 Å². The topological polar surface area (TPSA) is 64.4 Å². The molecule has 1 fully saturated rings. The Bertz CT molecular complexity index is 750. The molecule has 2 aromatic carbocycles. The third kappa shape index (κ3) is 7.03. The number of aldehydes is 1. The monoisotopic (exact) mass is 382 g/mol. The van der Waals surface area contributed by atoms with E-state index < -0.39 is 17.5 Å². The van der Waals surface area contributed by atoms with E-state index in [1.807, 2.05) is 13.8 Å². The van der Waals surface area contributed by atoms with Gasteiger partial charge in [0.05, 0.1) is 18.0 Å². The summed E-state index contributed by atoms with van der Waals surface area (Å²) in [5, 5.41) is 2.41. The minimum absolute atomic E-state index is 0.0294. The van der Waals surface area contributed by atoms with Crippen LogP contribution in [0.3, 0.4) is 0 Å². The lowest BCUT2D eigenvalue weighted by molar-refractivity contribution is 0.112. The Morgan fingerprint density at radius 3 is 2.30 bits per heavy atom. The number of carbonyl (C=O) groups is 1. The van der Waals surface area contributed by atoms with Crippen LogP contribution in [0.25, 0.3) is 0 Å².